The Morgan fingerprint density at radius 2 is 1.80 bits per heavy atom. The predicted molar refractivity (Wildman–Crippen MR) is 73.7 cm³/mol. The summed E-state index contributed by atoms with van der Waals surface area (Å²) >= 11 is 0. The number of hydrogen-bond acceptors (Lipinski definition) is 3. The van der Waals surface area contributed by atoms with E-state index >= 15 is 0 Å². The molecule has 0 saturated heterocycles. The number of aromatic carboxylic acids is 1. The van der Waals surface area contributed by atoms with Crippen LogP contribution in [0.25, 0.3) is 10.8 Å². The van der Waals surface area contributed by atoms with Gasteiger partial charge < -0.3 is 14.6 Å². The van der Waals surface area contributed by atoms with Crippen molar-refractivity contribution in [3.8, 4) is 0 Å². The van der Waals surface area contributed by atoms with Crippen LogP contribution in [0, 0.1) is 0 Å². The molecule has 1 unspecified atom stereocenters. The van der Waals surface area contributed by atoms with Gasteiger partial charge in [0.15, 0.2) is 5.76 Å². The minimum absolute atomic E-state index is 0.0227. The summed E-state index contributed by atoms with van der Waals surface area (Å²) in [5.74, 6) is -1.07. The zero-order valence-corrected chi connectivity index (χ0v) is 10.5. The number of fused-ring (bicyclic) bond motifs is 1. The molecule has 1 aromatic heterocycles. The van der Waals surface area contributed by atoms with E-state index in [9.17, 15) is 9.90 Å². The molecule has 0 fully saturated rings. The predicted octanol–water partition coefficient (Wildman–Crippen LogP) is 3.21. The third-order valence-electron chi connectivity index (χ3n) is 3.29. The summed E-state index contributed by atoms with van der Waals surface area (Å²) in [7, 11) is 0. The lowest BCUT2D eigenvalue weighted by molar-refractivity contribution is 0.0687. The molecule has 20 heavy (non-hydrogen) atoms. The van der Waals surface area contributed by atoms with Crippen LogP contribution in [0.15, 0.2) is 59.2 Å². The van der Waals surface area contributed by atoms with Gasteiger partial charge in [-0.15, -0.1) is 0 Å². The molecule has 2 aromatic carbocycles. The highest BCUT2D eigenvalue weighted by molar-refractivity contribution is 5.90. The number of aliphatic hydroxyl groups is 1. The molecule has 0 aliphatic rings. The van der Waals surface area contributed by atoms with Crippen molar-refractivity contribution >= 4 is 16.7 Å². The number of carbonyl (C=O) groups is 1. The van der Waals surface area contributed by atoms with E-state index in [0.717, 1.165) is 10.8 Å². The van der Waals surface area contributed by atoms with Crippen molar-refractivity contribution in [2.75, 3.05) is 0 Å². The van der Waals surface area contributed by atoms with Gasteiger partial charge in [0.05, 0.1) is 6.26 Å². The van der Waals surface area contributed by atoms with Crippen LogP contribution in [-0.4, -0.2) is 16.2 Å². The van der Waals surface area contributed by atoms with E-state index in [4.69, 9.17) is 9.52 Å². The van der Waals surface area contributed by atoms with Crippen molar-refractivity contribution in [1.29, 1.82) is 0 Å². The van der Waals surface area contributed by atoms with E-state index < -0.39 is 12.1 Å². The fraction of sp³-hybridized carbons (Fsp3) is 0.0625. The number of rotatable bonds is 3. The number of benzene rings is 2. The smallest absolute Gasteiger partial charge is 0.339 e. The van der Waals surface area contributed by atoms with Gasteiger partial charge in [-0.05, 0) is 22.4 Å². The zero-order chi connectivity index (χ0) is 14.1. The summed E-state index contributed by atoms with van der Waals surface area (Å²) in [6.07, 6.45) is 0.162. The maximum Gasteiger partial charge on any atom is 0.339 e. The van der Waals surface area contributed by atoms with Crippen LogP contribution in [0.3, 0.4) is 0 Å². The van der Waals surface area contributed by atoms with E-state index in [1.54, 1.807) is 6.07 Å². The van der Waals surface area contributed by atoms with E-state index in [2.05, 4.69) is 0 Å². The van der Waals surface area contributed by atoms with Crippen LogP contribution in [-0.2, 0) is 0 Å². The SMILES string of the molecule is O=C(O)c1ccoc1C(O)c1cccc2ccccc12. The van der Waals surface area contributed by atoms with E-state index in [0.29, 0.717) is 5.56 Å². The van der Waals surface area contributed by atoms with Crippen LogP contribution >= 0.6 is 0 Å². The van der Waals surface area contributed by atoms with Crippen molar-refractivity contribution in [1.82, 2.24) is 0 Å². The number of hydrogen-bond donors (Lipinski definition) is 2. The molecule has 1 heterocycles. The first-order chi connectivity index (χ1) is 9.68. The minimum atomic E-state index is -1.12. The van der Waals surface area contributed by atoms with Crippen molar-refractivity contribution in [2.45, 2.75) is 6.10 Å². The van der Waals surface area contributed by atoms with E-state index in [1.165, 1.54) is 12.3 Å². The highest BCUT2D eigenvalue weighted by atomic mass is 16.4. The molecule has 0 amide bonds. The third-order valence-corrected chi connectivity index (χ3v) is 3.29. The van der Waals surface area contributed by atoms with Crippen molar-refractivity contribution in [3.05, 3.63) is 71.7 Å². The topological polar surface area (TPSA) is 70.7 Å². The fourth-order valence-electron chi connectivity index (χ4n) is 2.34. The van der Waals surface area contributed by atoms with Gasteiger partial charge in [0.1, 0.15) is 11.7 Å². The largest absolute Gasteiger partial charge is 0.478 e. The molecule has 0 bridgehead atoms. The molecular formula is C16H12O4. The Bertz CT molecular complexity index is 768. The first kappa shape index (κ1) is 12.4. The molecule has 3 aromatic rings. The Kier molecular flexibility index (Phi) is 3.00. The number of aliphatic hydroxyl groups excluding tert-OH is 1. The van der Waals surface area contributed by atoms with Crippen molar-refractivity contribution in [2.24, 2.45) is 0 Å². The lowest BCUT2D eigenvalue weighted by Gasteiger charge is -2.12. The molecule has 0 aliphatic heterocycles. The van der Waals surface area contributed by atoms with Gasteiger partial charge in [-0.3, -0.25) is 0 Å². The summed E-state index contributed by atoms with van der Waals surface area (Å²) in [6, 6.07) is 14.5. The van der Waals surface area contributed by atoms with Gasteiger partial charge in [-0.1, -0.05) is 42.5 Å². The monoisotopic (exact) mass is 268 g/mol. The third kappa shape index (κ3) is 1.96. The van der Waals surface area contributed by atoms with Gasteiger partial charge in [-0.2, -0.15) is 0 Å². The molecule has 4 heteroatoms. The fourth-order valence-corrected chi connectivity index (χ4v) is 2.34. The lowest BCUT2D eigenvalue weighted by atomic mass is 9.98. The van der Waals surface area contributed by atoms with Gasteiger partial charge in [-0.25, -0.2) is 4.79 Å². The molecule has 2 N–H and O–H groups in total. The van der Waals surface area contributed by atoms with Gasteiger partial charge in [0.25, 0.3) is 0 Å². The highest BCUT2D eigenvalue weighted by Gasteiger charge is 2.23. The molecule has 0 radical (unpaired) electrons. The number of furan rings is 1. The summed E-state index contributed by atoms with van der Waals surface area (Å²) < 4.78 is 5.16. The van der Waals surface area contributed by atoms with Crippen LogP contribution in [0.4, 0.5) is 0 Å². The first-order valence-corrected chi connectivity index (χ1v) is 6.15. The van der Waals surface area contributed by atoms with Crippen molar-refractivity contribution in [3.63, 3.8) is 0 Å². The average Bonchev–Trinajstić information content (AvgIpc) is 2.95. The standard InChI is InChI=1S/C16H12O4/c17-14(15-13(16(18)19)8-9-20-15)12-7-3-5-10-4-1-2-6-11(10)12/h1-9,14,17H,(H,18,19). The Hall–Kier alpha value is -2.59. The molecule has 100 valence electrons. The normalized spacial score (nSPS) is 12.4. The quantitative estimate of drug-likeness (QED) is 0.765. The zero-order valence-electron chi connectivity index (χ0n) is 10.5. The van der Waals surface area contributed by atoms with Crippen LogP contribution in [0.1, 0.15) is 27.8 Å². The minimum Gasteiger partial charge on any atom is -0.478 e. The average molecular weight is 268 g/mol. The van der Waals surface area contributed by atoms with Crippen LogP contribution in [0.5, 0.6) is 0 Å². The molecule has 4 nitrogen and oxygen atoms in total. The Morgan fingerprint density at radius 1 is 1.05 bits per heavy atom. The second kappa shape index (κ2) is 4.83. The lowest BCUT2D eigenvalue weighted by Crippen LogP contribution is -2.06. The molecule has 0 saturated carbocycles. The summed E-state index contributed by atoms with van der Waals surface area (Å²) in [5.41, 5.74) is 0.603. The number of carboxylic acids is 1. The van der Waals surface area contributed by atoms with E-state index in [-0.39, 0.29) is 11.3 Å². The maximum atomic E-state index is 11.1. The molecule has 1 atom stereocenters. The summed E-state index contributed by atoms with van der Waals surface area (Å²) in [4.78, 5) is 11.1. The molecule has 0 spiro atoms. The van der Waals surface area contributed by atoms with E-state index in [1.807, 2.05) is 36.4 Å². The van der Waals surface area contributed by atoms with Crippen LogP contribution in [0.2, 0.25) is 0 Å². The highest BCUT2D eigenvalue weighted by Crippen LogP contribution is 2.31. The van der Waals surface area contributed by atoms with Crippen molar-refractivity contribution < 1.29 is 19.4 Å². The first-order valence-electron chi connectivity index (χ1n) is 6.15. The summed E-state index contributed by atoms with van der Waals surface area (Å²) in [5, 5.41) is 21.4. The maximum absolute atomic E-state index is 11.1. The Labute approximate surface area is 114 Å². The number of carboxylic acid groups (broad SMARTS) is 1. The molecular weight excluding hydrogens is 256 g/mol. The van der Waals surface area contributed by atoms with Crippen LogP contribution < -0.4 is 0 Å². The van der Waals surface area contributed by atoms with Gasteiger partial charge in [0, 0.05) is 0 Å². The Morgan fingerprint density at radius 3 is 2.60 bits per heavy atom. The second-order valence-corrected chi connectivity index (χ2v) is 4.47. The molecule has 3 rings (SSSR count). The summed E-state index contributed by atoms with van der Waals surface area (Å²) in [6.45, 7) is 0. The Balaban J connectivity index is 2.15. The molecule has 0 aliphatic carbocycles. The second-order valence-electron chi connectivity index (χ2n) is 4.47. The van der Waals surface area contributed by atoms with Gasteiger partial charge in [0.2, 0.25) is 0 Å². The van der Waals surface area contributed by atoms with Gasteiger partial charge >= 0.3 is 5.97 Å².